The number of rotatable bonds is 17. The molecule has 0 spiro atoms. The number of hydrogen-bond acceptors (Lipinski definition) is 15. The Labute approximate surface area is 298 Å². The summed E-state index contributed by atoms with van der Waals surface area (Å²) < 4.78 is 12.8. The number of nitrogens with zero attached hydrogens (tertiary/aromatic N) is 7. The van der Waals surface area contributed by atoms with E-state index >= 15 is 0 Å². The highest BCUT2D eigenvalue weighted by Gasteiger charge is 2.54. The molecule has 2 aliphatic rings. The molecule has 0 aliphatic carbocycles. The number of aromatic nitrogens is 5. The molecule has 1 unspecified atom stereocenters. The first-order valence-electron chi connectivity index (χ1n) is 14.7. The number of likely N-dealkylation sites (N-methyl/N-ethyl adjacent to an activating group) is 1. The number of esters is 2. The standard InChI is InChI=1S/C27H39N9O6S3.2ClH/c1-5-7-8-9-19(38)41-20(6-2)42-25(40)22-16(14-45-27-31-32-33-35(27)11-10-34(3)4)13-43-24-21(23(39)36(22)24)30-18(37)12-17-15-44-26(28)29-17;;/h15,20-21,24H,5-14H2,1-4H3,(H2,28,29)(H,30,37);2*1H/t20?,21-,24+;;/m1../s1. The number of unbranched alkanes of at least 4 members (excludes halogenated alkanes) is 2. The number of ether oxygens (including phenoxy) is 2. The van der Waals surface area contributed by atoms with Crippen LogP contribution < -0.4 is 11.1 Å². The summed E-state index contributed by atoms with van der Waals surface area (Å²) in [4.78, 5) is 59.7. The van der Waals surface area contributed by atoms with E-state index in [0.29, 0.717) is 46.0 Å². The number of nitrogens with one attached hydrogen (secondary N) is 1. The van der Waals surface area contributed by atoms with E-state index in [-0.39, 0.29) is 55.7 Å². The molecule has 1 saturated heterocycles. The van der Waals surface area contributed by atoms with Gasteiger partial charge in [0.2, 0.25) is 17.4 Å². The molecule has 3 atom stereocenters. The number of β-lactam (4-membered cyclic amide) rings is 1. The maximum Gasteiger partial charge on any atom is 0.358 e. The highest BCUT2D eigenvalue weighted by atomic mass is 35.5. The monoisotopic (exact) mass is 753 g/mol. The van der Waals surface area contributed by atoms with Crippen LogP contribution >= 0.6 is 59.7 Å². The molecule has 4 heterocycles. The Morgan fingerprint density at radius 1 is 1.21 bits per heavy atom. The fraction of sp³-hybridized carbons (Fsp3) is 0.630. The molecular weight excluding hydrogens is 713 g/mol. The van der Waals surface area contributed by atoms with Crippen LogP contribution in [0, 0.1) is 0 Å². The van der Waals surface area contributed by atoms with Crippen LogP contribution in [0.2, 0.25) is 0 Å². The first-order valence-corrected chi connectivity index (χ1v) is 17.6. The van der Waals surface area contributed by atoms with E-state index in [1.807, 2.05) is 25.9 Å². The number of carbonyl (C=O) groups is 4. The number of amides is 2. The van der Waals surface area contributed by atoms with Gasteiger partial charge >= 0.3 is 11.9 Å². The number of carbonyl (C=O) groups excluding carboxylic acids is 4. The summed E-state index contributed by atoms with van der Waals surface area (Å²) in [5.41, 5.74) is 6.91. The molecule has 2 amide bonds. The van der Waals surface area contributed by atoms with Crippen molar-refractivity contribution in [1.82, 2.24) is 40.3 Å². The van der Waals surface area contributed by atoms with Crippen LogP contribution in [-0.2, 0) is 41.6 Å². The number of anilines is 1. The molecule has 1 fully saturated rings. The number of nitrogen functional groups attached to an aromatic ring is 1. The van der Waals surface area contributed by atoms with Crippen LogP contribution in [0.15, 0.2) is 21.8 Å². The van der Waals surface area contributed by atoms with Crippen molar-refractivity contribution in [3.8, 4) is 0 Å². The second-order valence-corrected chi connectivity index (χ2v) is 13.7. The molecule has 20 heteroatoms. The third-order valence-corrected chi connectivity index (χ3v) is 10.0. The molecule has 47 heavy (non-hydrogen) atoms. The first-order chi connectivity index (χ1) is 21.6. The molecule has 3 N–H and O–H groups in total. The van der Waals surface area contributed by atoms with E-state index in [2.05, 4.69) is 25.8 Å². The normalized spacial score (nSPS) is 17.6. The van der Waals surface area contributed by atoms with Crippen LogP contribution in [0.3, 0.4) is 0 Å². The Kier molecular flexibility index (Phi) is 16.7. The molecule has 0 bridgehead atoms. The van der Waals surface area contributed by atoms with Crippen LogP contribution in [-0.4, -0.2) is 109 Å². The van der Waals surface area contributed by atoms with Crippen LogP contribution in [0.5, 0.6) is 0 Å². The molecule has 2 aromatic heterocycles. The van der Waals surface area contributed by atoms with Gasteiger partial charge in [-0.25, -0.2) is 14.5 Å². The zero-order chi connectivity index (χ0) is 32.5. The summed E-state index contributed by atoms with van der Waals surface area (Å²) in [6, 6.07) is -0.827. The Balaban J connectivity index is 0.00000384. The van der Waals surface area contributed by atoms with Crippen molar-refractivity contribution in [2.75, 3.05) is 37.9 Å². The van der Waals surface area contributed by atoms with Gasteiger partial charge < -0.3 is 25.4 Å². The van der Waals surface area contributed by atoms with Crippen molar-refractivity contribution in [2.24, 2.45) is 0 Å². The summed E-state index contributed by atoms with van der Waals surface area (Å²) in [5.74, 6) is -1.32. The van der Waals surface area contributed by atoms with E-state index in [1.165, 1.54) is 39.8 Å². The average molecular weight is 755 g/mol. The first kappa shape index (κ1) is 40.5. The van der Waals surface area contributed by atoms with E-state index in [4.69, 9.17) is 15.2 Å². The second-order valence-electron chi connectivity index (χ2n) is 10.7. The fourth-order valence-corrected chi connectivity index (χ4v) is 7.50. The number of hydrogen-bond donors (Lipinski definition) is 2. The van der Waals surface area contributed by atoms with Crippen molar-refractivity contribution < 1.29 is 28.7 Å². The van der Waals surface area contributed by atoms with Gasteiger partial charge in [-0.15, -0.1) is 53.0 Å². The Morgan fingerprint density at radius 3 is 2.64 bits per heavy atom. The van der Waals surface area contributed by atoms with Gasteiger partial charge in [0.25, 0.3) is 5.91 Å². The molecule has 0 aromatic carbocycles. The van der Waals surface area contributed by atoms with Crippen LogP contribution in [0.25, 0.3) is 0 Å². The minimum absolute atomic E-state index is 0. The second kappa shape index (κ2) is 19.4. The van der Waals surface area contributed by atoms with Crippen molar-refractivity contribution in [3.63, 3.8) is 0 Å². The molecule has 0 radical (unpaired) electrons. The predicted molar refractivity (Wildman–Crippen MR) is 184 cm³/mol. The Bertz CT molecular complexity index is 1410. The lowest BCUT2D eigenvalue weighted by Crippen LogP contribution is -2.70. The SMILES string of the molecule is CCCCCC(=O)OC(CC)OC(=O)C1=C(CSc2nnnn2CCN(C)C)CS[C@H]2[C@H](NC(=O)Cc3csc(N)n3)C(=O)N12.Cl.Cl. The van der Waals surface area contributed by atoms with Crippen molar-refractivity contribution in [3.05, 3.63) is 22.3 Å². The lowest BCUT2D eigenvalue weighted by Gasteiger charge is -2.49. The number of thiazole rings is 1. The Morgan fingerprint density at radius 2 is 1.98 bits per heavy atom. The van der Waals surface area contributed by atoms with E-state index in [1.54, 1.807) is 17.0 Å². The van der Waals surface area contributed by atoms with E-state index in [9.17, 15) is 19.2 Å². The Hall–Kier alpha value is -2.64. The molecule has 4 rings (SSSR count). The van der Waals surface area contributed by atoms with Gasteiger partial charge in [0.05, 0.1) is 18.7 Å². The highest BCUT2D eigenvalue weighted by Crippen LogP contribution is 2.42. The third-order valence-electron chi connectivity index (χ3n) is 6.92. The number of fused-ring (bicyclic) bond motifs is 1. The smallest absolute Gasteiger partial charge is 0.358 e. The van der Waals surface area contributed by atoms with Crippen LogP contribution in [0.4, 0.5) is 5.13 Å². The predicted octanol–water partition coefficient (Wildman–Crippen LogP) is 2.51. The molecule has 262 valence electrons. The summed E-state index contributed by atoms with van der Waals surface area (Å²) in [7, 11) is 3.91. The van der Waals surface area contributed by atoms with Gasteiger partial charge in [0, 0.05) is 36.3 Å². The maximum atomic E-state index is 13.7. The van der Waals surface area contributed by atoms with Gasteiger partial charge in [-0.05, 0) is 36.5 Å². The summed E-state index contributed by atoms with van der Waals surface area (Å²) in [6.07, 6.45) is 1.89. The minimum Gasteiger partial charge on any atom is -0.425 e. The van der Waals surface area contributed by atoms with Crippen molar-refractivity contribution >= 4 is 88.6 Å². The summed E-state index contributed by atoms with van der Waals surface area (Å²) >= 11 is 4.01. The van der Waals surface area contributed by atoms with E-state index < -0.39 is 35.6 Å². The molecular formula is C27H41Cl2N9O6S3. The molecule has 0 saturated carbocycles. The van der Waals surface area contributed by atoms with Gasteiger partial charge in [0.1, 0.15) is 17.1 Å². The largest absolute Gasteiger partial charge is 0.425 e. The number of halogens is 2. The van der Waals surface area contributed by atoms with Gasteiger partial charge in [-0.3, -0.25) is 19.3 Å². The minimum atomic E-state index is -1.10. The summed E-state index contributed by atoms with van der Waals surface area (Å²) in [6.45, 7) is 5.09. The zero-order valence-corrected chi connectivity index (χ0v) is 30.7. The fourth-order valence-electron chi connectivity index (χ4n) is 4.55. The lowest BCUT2D eigenvalue weighted by atomic mass is 10.0. The molecule has 2 aliphatic heterocycles. The van der Waals surface area contributed by atoms with E-state index in [0.717, 1.165) is 19.4 Å². The van der Waals surface area contributed by atoms with Gasteiger partial charge in [0.15, 0.2) is 5.13 Å². The molecule has 15 nitrogen and oxygen atoms in total. The van der Waals surface area contributed by atoms with Crippen molar-refractivity contribution in [2.45, 2.75) is 81.8 Å². The number of tetrazole rings is 1. The summed E-state index contributed by atoms with van der Waals surface area (Å²) in [5, 5.41) is 16.8. The topological polar surface area (TPSA) is 188 Å². The van der Waals surface area contributed by atoms with Crippen LogP contribution in [0.1, 0.15) is 51.6 Å². The lowest BCUT2D eigenvalue weighted by molar-refractivity contribution is -0.188. The zero-order valence-electron chi connectivity index (χ0n) is 26.6. The van der Waals surface area contributed by atoms with Crippen molar-refractivity contribution in [1.29, 1.82) is 0 Å². The maximum absolute atomic E-state index is 13.7. The average Bonchev–Trinajstić information content (AvgIpc) is 3.64. The van der Waals surface area contributed by atoms with Gasteiger partial charge in [-0.2, -0.15) is 0 Å². The third kappa shape index (κ3) is 10.9. The molecule has 2 aromatic rings. The number of nitrogens with two attached hydrogens (primary N) is 1. The highest BCUT2D eigenvalue weighted by molar-refractivity contribution is 8.01. The van der Waals surface area contributed by atoms with Gasteiger partial charge in [-0.1, -0.05) is 38.5 Å². The quantitative estimate of drug-likeness (QED) is 0.0789. The number of thioether (sulfide) groups is 2.